The van der Waals surface area contributed by atoms with Gasteiger partial charge in [0, 0.05) is 0 Å². The van der Waals surface area contributed by atoms with E-state index in [0.29, 0.717) is 23.5 Å². The molecule has 2 aromatic carbocycles. The molecule has 9 heteroatoms. The van der Waals surface area contributed by atoms with Gasteiger partial charge < -0.3 is 4.74 Å². The van der Waals surface area contributed by atoms with Crippen LogP contribution in [-0.2, 0) is 26.7 Å². The molecule has 0 unspecified atom stereocenters. The topological polar surface area (TPSA) is 118 Å². The van der Waals surface area contributed by atoms with E-state index in [-0.39, 0.29) is 9.79 Å². The number of benzene rings is 2. The van der Waals surface area contributed by atoms with Crippen molar-refractivity contribution in [1.29, 1.82) is 0 Å². The van der Waals surface area contributed by atoms with Gasteiger partial charge in [0.1, 0.15) is 11.5 Å². The van der Waals surface area contributed by atoms with Crippen molar-refractivity contribution >= 4 is 20.2 Å². The summed E-state index contributed by atoms with van der Waals surface area (Å²) in [7, 11) is -8.65. The van der Waals surface area contributed by atoms with Gasteiger partial charge in [0.25, 0.3) is 20.2 Å². The zero-order valence-electron chi connectivity index (χ0n) is 17.7. The van der Waals surface area contributed by atoms with E-state index in [0.717, 1.165) is 25.7 Å². The average molecular weight is 471 g/mol. The Morgan fingerprint density at radius 3 is 1.81 bits per heavy atom. The van der Waals surface area contributed by atoms with Crippen LogP contribution >= 0.6 is 0 Å². The first kappa shape index (κ1) is 25.3. The fourth-order valence-electron chi connectivity index (χ4n) is 3.33. The molecule has 2 N–H and O–H groups in total. The van der Waals surface area contributed by atoms with E-state index >= 15 is 0 Å². The summed E-state index contributed by atoms with van der Waals surface area (Å²) in [5.41, 5.74) is 0.473. The molecule has 7 nitrogen and oxygen atoms in total. The molecule has 0 aliphatic rings. The molecule has 0 spiro atoms. The van der Waals surface area contributed by atoms with E-state index in [2.05, 4.69) is 6.92 Å². The third kappa shape index (κ3) is 8.60. The Morgan fingerprint density at radius 1 is 0.710 bits per heavy atom. The van der Waals surface area contributed by atoms with Gasteiger partial charge in [-0.25, -0.2) is 0 Å². The SMILES string of the molecule is CCCCCCCCCCc1cc(Oc2ccc(S(=O)(=O)O)cc2)ccc1S(=O)(=O)O. The van der Waals surface area contributed by atoms with Gasteiger partial charge in [-0.15, -0.1) is 0 Å². The van der Waals surface area contributed by atoms with Gasteiger partial charge >= 0.3 is 0 Å². The van der Waals surface area contributed by atoms with Crippen molar-refractivity contribution < 1.29 is 30.7 Å². The molecule has 0 aromatic heterocycles. The first-order chi connectivity index (χ1) is 14.6. The second-order valence-electron chi connectivity index (χ2n) is 7.52. The molecule has 0 fully saturated rings. The second-order valence-corrected chi connectivity index (χ2v) is 10.3. The highest BCUT2D eigenvalue weighted by molar-refractivity contribution is 7.86. The highest BCUT2D eigenvalue weighted by Crippen LogP contribution is 2.28. The first-order valence-electron chi connectivity index (χ1n) is 10.5. The smallest absolute Gasteiger partial charge is 0.294 e. The van der Waals surface area contributed by atoms with Crippen LogP contribution in [0.5, 0.6) is 11.5 Å². The standard InChI is InChI=1S/C22H30O7S2/c1-2-3-4-5-6-7-8-9-10-18-17-20(13-16-22(18)31(26,27)28)29-19-11-14-21(15-12-19)30(23,24)25/h11-17H,2-10H2,1H3,(H,23,24,25)(H,26,27,28). The molecule has 2 aromatic rings. The lowest BCUT2D eigenvalue weighted by atomic mass is 10.0. The fourth-order valence-corrected chi connectivity index (χ4v) is 4.54. The van der Waals surface area contributed by atoms with Crippen LogP contribution in [0, 0.1) is 0 Å². The highest BCUT2D eigenvalue weighted by Gasteiger charge is 2.16. The minimum absolute atomic E-state index is 0.135. The van der Waals surface area contributed by atoms with E-state index < -0.39 is 20.2 Å². The third-order valence-electron chi connectivity index (χ3n) is 4.97. The van der Waals surface area contributed by atoms with Crippen molar-refractivity contribution in [2.45, 2.75) is 74.5 Å². The predicted molar refractivity (Wildman–Crippen MR) is 119 cm³/mol. The second kappa shape index (κ2) is 11.6. The number of unbranched alkanes of at least 4 members (excludes halogenated alkanes) is 7. The molecule has 172 valence electrons. The van der Waals surface area contributed by atoms with E-state index in [1.807, 2.05) is 0 Å². The minimum Gasteiger partial charge on any atom is -0.457 e. The lowest BCUT2D eigenvalue weighted by Gasteiger charge is -2.11. The number of hydrogen-bond acceptors (Lipinski definition) is 5. The van der Waals surface area contributed by atoms with E-state index in [9.17, 15) is 21.4 Å². The van der Waals surface area contributed by atoms with Crippen LogP contribution in [0.4, 0.5) is 0 Å². The normalized spacial score (nSPS) is 12.1. The maximum atomic E-state index is 11.7. The van der Waals surface area contributed by atoms with Gasteiger partial charge in [-0.3, -0.25) is 9.11 Å². The van der Waals surface area contributed by atoms with Gasteiger partial charge in [-0.1, -0.05) is 51.9 Å². The summed E-state index contributed by atoms with van der Waals surface area (Å²) in [6, 6.07) is 9.49. The van der Waals surface area contributed by atoms with Crippen molar-refractivity contribution in [1.82, 2.24) is 0 Å². The monoisotopic (exact) mass is 470 g/mol. The molecule has 0 saturated carbocycles. The van der Waals surface area contributed by atoms with Crippen LogP contribution in [0.3, 0.4) is 0 Å². The van der Waals surface area contributed by atoms with Crippen LogP contribution in [0.15, 0.2) is 52.3 Å². The van der Waals surface area contributed by atoms with Crippen molar-refractivity contribution in [3.05, 3.63) is 48.0 Å². The Morgan fingerprint density at radius 2 is 1.26 bits per heavy atom. The molecule has 0 atom stereocenters. The molecule has 0 radical (unpaired) electrons. The van der Waals surface area contributed by atoms with Gasteiger partial charge in [0.05, 0.1) is 9.79 Å². The third-order valence-corrected chi connectivity index (χ3v) is 6.79. The van der Waals surface area contributed by atoms with Crippen LogP contribution in [0.25, 0.3) is 0 Å². The minimum atomic E-state index is -4.35. The Labute approximate surface area is 185 Å². The molecule has 0 heterocycles. The number of hydrogen-bond donors (Lipinski definition) is 2. The van der Waals surface area contributed by atoms with Gasteiger partial charge in [-0.2, -0.15) is 16.8 Å². The van der Waals surface area contributed by atoms with Crippen molar-refractivity contribution in [3.8, 4) is 11.5 Å². The lowest BCUT2D eigenvalue weighted by Crippen LogP contribution is -2.04. The Hall–Kier alpha value is -1.94. The molecule has 0 saturated heterocycles. The largest absolute Gasteiger partial charge is 0.457 e. The maximum absolute atomic E-state index is 11.7. The molecule has 0 aliphatic carbocycles. The molecule has 31 heavy (non-hydrogen) atoms. The lowest BCUT2D eigenvalue weighted by molar-refractivity contribution is 0.474. The van der Waals surface area contributed by atoms with E-state index in [1.165, 1.54) is 62.1 Å². The summed E-state index contributed by atoms with van der Waals surface area (Å²) in [5.74, 6) is 0.687. The molecule has 0 amide bonds. The Bertz CT molecular complexity index is 1040. The molecule has 2 rings (SSSR count). The first-order valence-corrected chi connectivity index (χ1v) is 13.3. The summed E-state index contributed by atoms with van der Waals surface area (Å²) in [6.45, 7) is 2.18. The predicted octanol–water partition coefficient (Wildman–Crippen LogP) is 5.66. The number of rotatable bonds is 13. The van der Waals surface area contributed by atoms with Crippen LogP contribution in [0.1, 0.15) is 63.9 Å². The molecule has 0 bridgehead atoms. The molecular formula is C22H30O7S2. The number of ether oxygens (including phenoxy) is 1. The van der Waals surface area contributed by atoms with Crippen molar-refractivity contribution in [3.63, 3.8) is 0 Å². The summed E-state index contributed by atoms with van der Waals surface area (Å²) in [5, 5.41) is 0. The van der Waals surface area contributed by atoms with Crippen molar-refractivity contribution in [2.24, 2.45) is 0 Å². The summed E-state index contributed by atoms with van der Waals surface area (Å²) in [6.07, 6.45) is 9.42. The maximum Gasteiger partial charge on any atom is 0.294 e. The number of aryl methyl sites for hydroxylation is 1. The zero-order chi connectivity index (χ0) is 22.9. The molecular weight excluding hydrogens is 440 g/mol. The van der Waals surface area contributed by atoms with Gasteiger partial charge in [-0.05, 0) is 60.9 Å². The quantitative estimate of drug-likeness (QED) is 0.287. The van der Waals surface area contributed by atoms with Gasteiger partial charge in [0.2, 0.25) is 0 Å². The van der Waals surface area contributed by atoms with Crippen LogP contribution in [0.2, 0.25) is 0 Å². The van der Waals surface area contributed by atoms with E-state index in [1.54, 1.807) is 6.07 Å². The Kier molecular flexibility index (Phi) is 9.49. The zero-order valence-corrected chi connectivity index (χ0v) is 19.3. The summed E-state index contributed by atoms with van der Waals surface area (Å²) < 4.78 is 70.0. The fraction of sp³-hybridized carbons (Fsp3) is 0.455. The molecule has 0 aliphatic heterocycles. The van der Waals surface area contributed by atoms with Crippen LogP contribution in [-0.4, -0.2) is 25.9 Å². The van der Waals surface area contributed by atoms with Gasteiger partial charge in [0.15, 0.2) is 0 Å². The summed E-state index contributed by atoms with van der Waals surface area (Å²) >= 11 is 0. The summed E-state index contributed by atoms with van der Waals surface area (Å²) in [4.78, 5) is -0.388. The average Bonchev–Trinajstić information content (AvgIpc) is 2.69. The van der Waals surface area contributed by atoms with Crippen LogP contribution < -0.4 is 4.74 Å². The van der Waals surface area contributed by atoms with Crippen molar-refractivity contribution in [2.75, 3.05) is 0 Å². The Balaban J connectivity index is 2.04. The van der Waals surface area contributed by atoms with E-state index in [4.69, 9.17) is 9.29 Å². The highest BCUT2D eigenvalue weighted by atomic mass is 32.2.